The van der Waals surface area contributed by atoms with Crippen molar-refractivity contribution in [1.82, 2.24) is 5.32 Å². The summed E-state index contributed by atoms with van der Waals surface area (Å²) in [5.41, 5.74) is 6.58. The van der Waals surface area contributed by atoms with Gasteiger partial charge in [0.1, 0.15) is 5.75 Å². The predicted octanol–water partition coefficient (Wildman–Crippen LogP) is 1.06. The van der Waals surface area contributed by atoms with Crippen LogP contribution in [-0.4, -0.2) is 38.1 Å². The van der Waals surface area contributed by atoms with Gasteiger partial charge in [0.25, 0.3) is 0 Å². The number of hydrogen-bond donors (Lipinski definition) is 2. The Kier molecular flexibility index (Phi) is 7.18. The maximum atomic E-state index is 12.2. The molecular weight excluding hydrogens is 332 g/mol. The van der Waals surface area contributed by atoms with E-state index in [0.717, 1.165) is 5.56 Å². The minimum atomic E-state index is -2.88. The number of alkyl halides is 2. The van der Waals surface area contributed by atoms with E-state index in [4.69, 9.17) is 5.73 Å². The molecule has 0 saturated carbocycles. The number of anilines is 1. The van der Waals surface area contributed by atoms with Gasteiger partial charge in [-0.15, -0.1) is 12.4 Å². The number of benzene rings is 1. The molecule has 0 fully saturated rings. The Hall–Kier alpha value is -1.93. The van der Waals surface area contributed by atoms with Gasteiger partial charge in [0.15, 0.2) is 0 Å². The summed E-state index contributed by atoms with van der Waals surface area (Å²) in [6.45, 7) is -2.70. The van der Waals surface area contributed by atoms with E-state index in [2.05, 4.69) is 10.1 Å². The fourth-order valence-corrected chi connectivity index (χ4v) is 2.35. The number of carbonyl (C=O) groups excluding carboxylic acids is 2. The first kappa shape index (κ1) is 19.1. The SMILES string of the molecule is Cl.NCC(=O)NCC(=O)N1CCCc2cc(OC(F)F)ccc21. The summed E-state index contributed by atoms with van der Waals surface area (Å²) >= 11 is 0. The van der Waals surface area contributed by atoms with Crippen LogP contribution in [0.5, 0.6) is 5.75 Å². The molecule has 0 radical (unpaired) electrons. The molecule has 1 aliphatic heterocycles. The van der Waals surface area contributed by atoms with Crippen molar-refractivity contribution in [3.8, 4) is 5.75 Å². The van der Waals surface area contributed by atoms with Crippen LogP contribution in [0, 0.1) is 0 Å². The van der Waals surface area contributed by atoms with Crippen molar-refractivity contribution in [3.63, 3.8) is 0 Å². The Balaban J connectivity index is 0.00000264. The van der Waals surface area contributed by atoms with Gasteiger partial charge in [-0.3, -0.25) is 9.59 Å². The smallest absolute Gasteiger partial charge is 0.387 e. The average Bonchev–Trinajstić information content (AvgIpc) is 2.50. The van der Waals surface area contributed by atoms with Crippen LogP contribution in [0.4, 0.5) is 14.5 Å². The van der Waals surface area contributed by atoms with Gasteiger partial charge in [-0.05, 0) is 36.6 Å². The van der Waals surface area contributed by atoms with Gasteiger partial charge >= 0.3 is 6.61 Å². The molecule has 1 aromatic rings. The first-order valence-corrected chi connectivity index (χ1v) is 6.86. The van der Waals surface area contributed by atoms with E-state index in [-0.39, 0.29) is 37.2 Å². The number of nitrogens with zero attached hydrogens (tertiary/aromatic N) is 1. The van der Waals surface area contributed by atoms with Crippen LogP contribution >= 0.6 is 12.4 Å². The number of nitrogens with two attached hydrogens (primary N) is 1. The van der Waals surface area contributed by atoms with E-state index in [1.165, 1.54) is 17.0 Å². The highest BCUT2D eigenvalue weighted by Crippen LogP contribution is 2.31. The first-order valence-electron chi connectivity index (χ1n) is 6.86. The molecule has 0 aromatic heterocycles. The van der Waals surface area contributed by atoms with Crippen LogP contribution in [-0.2, 0) is 16.0 Å². The molecular formula is C14H18ClF2N3O3. The van der Waals surface area contributed by atoms with Crippen molar-refractivity contribution in [1.29, 1.82) is 0 Å². The third-order valence-electron chi connectivity index (χ3n) is 3.32. The molecule has 6 nitrogen and oxygen atoms in total. The van der Waals surface area contributed by atoms with Crippen LogP contribution in [0.3, 0.4) is 0 Å². The lowest BCUT2D eigenvalue weighted by molar-refractivity contribution is -0.124. The van der Waals surface area contributed by atoms with Crippen molar-refractivity contribution in [3.05, 3.63) is 23.8 Å². The van der Waals surface area contributed by atoms with E-state index < -0.39 is 12.5 Å². The maximum absolute atomic E-state index is 12.2. The summed E-state index contributed by atoms with van der Waals surface area (Å²) in [6, 6.07) is 4.49. The standard InChI is InChI=1S/C14H17F2N3O3.ClH/c15-14(16)22-10-3-4-11-9(6-10)2-1-5-19(11)13(21)8-18-12(20)7-17;/h3-4,6,14H,1-2,5,7-8,17H2,(H,18,20);1H. The van der Waals surface area contributed by atoms with Crippen molar-refractivity contribution >= 4 is 29.9 Å². The number of rotatable bonds is 5. The van der Waals surface area contributed by atoms with Crippen LogP contribution in [0.2, 0.25) is 0 Å². The zero-order valence-corrected chi connectivity index (χ0v) is 13.1. The highest BCUT2D eigenvalue weighted by atomic mass is 35.5. The molecule has 0 aliphatic carbocycles. The molecule has 23 heavy (non-hydrogen) atoms. The van der Waals surface area contributed by atoms with E-state index >= 15 is 0 Å². The zero-order valence-electron chi connectivity index (χ0n) is 12.3. The van der Waals surface area contributed by atoms with Gasteiger partial charge in [-0.25, -0.2) is 0 Å². The Labute approximate surface area is 138 Å². The second kappa shape index (κ2) is 8.64. The Morgan fingerprint density at radius 1 is 1.39 bits per heavy atom. The molecule has 2 rings (SSSR count). The monoisotopic (exact) mass is 349 g/mol. The number of halogens is 3. The molecule has 2 amide bonds. The number of fused-ring (bicyclic) bond motifs is 1. The third-order valence-corrected chi connectivity index (χ3v) is 3.32. The number of amides is 2. The van der Waals surface area contributed by atoms with Crippen molar-refractivity contribution in [2.75, 3.05) is 24.5 Å². The lowest BCUT2D eigenvalue weighted by Crippen LogP contribution is -2.43. The summed E-state index contributed by atoms with van der Waals surface area (Å²) < 4.78 is 28.8. The van der Waals surface area contributed by atoms with E-state index in [1.54, 1.807) is 6.07 Å². The average molecular weight is 350 g/mol. The van der Waals surface area contributed by atoms with Crippen molar-refractivity contribution in [2.45, 2.75) is 19.5 Å². The van der Waals surface area contributed by atoms with E-state index in [0.29, 0.717) is 25.1 Å². The second-order valence-corrected chi connectivity index (χ2v) is 4.80. The molecule has 1 aliphatic rings. The number of aryl methyl sites for hydroxylation is 1. The van der Waals surface area contributed by atoms with E-state index in [1.807, 2.05) is 0 Å². The molecule has 1 aromatic carbocycles. The lowest BCUT2D eigenvalue weighted by atomic mass is 10.0. The first-order chi connectivity index (χ1) is 10.5. The van der Waals surface area contributed by atoms with Gasteiger partial charge in [-0.1, -0.05) is 0 Å². The Morgan fingerprint density at radius 3 is 2.78 bits per heavy atom. The van der Waals surface area contributed by atoms with Crippen molar-refractivity contribution < 1.29 is 23.1 Å². The summed E-state index contributed by atoms with van der Waals surface area (Å²) in [5, 5.41) is 2.42. The van der Waals surface area contributed by atoms with E-state index in [9.17, 15) is 18.4 Å². The van der Waals surface area contributed by atoms with Crippen LogP contribution in [0.1, 0.15) is 12.0 Å². The van der Waals surface area contributed by atoms with Crippen LogP contribution in [0.15, 0.2) is 18.2 Å². The summed E-state index contributed by atoms with van der Waals surface area (Å²) in [7, 11) is 0. The summed E-state index contributed by atoms with van der Waals surface area (Å²) in [5.74, 6) is -0.615. The minimum absolute atomic E-state index is 0. The Bertz CT molecular complexity index is 572. The molecule has 9 heteroatoms. The fraction of sp³-hybridized carbons (Fsp3) is 0.429. The number of hydrogen-bond acceptors (Lipinski definition) is 4. The van der Waals surface area contributed by atoms with Crippen LogP contribution in [0.25, 0.3) is 0 Å². The molecule has 0 saturated heterocycles. The normalized spacial score (nSPS) is 13.1. The maximum Gasteiger partial charge on any atom is 0.387 e. The Morgan fingerprint density at radius 2 is 2.13 bits per heavy atom. The van der Waals surface area contributed by atoms with Crippen LogP contribution < -0.4 is 20.7 Å². The van der Waals surface area contributed by atoms with Gasteiger partial charge in [0.2, 0.25) is 11.8 Å². The fourth-order valence-electron chi connectivity index (χ4n) is 2.35. The number of carbonyl (C=O) groups is 2. The molecule has 0 unspecified atom stereocenters. The largest absolute Gasteiger partial charge is 0.435 e. The number of nitrogens with one attached hydrogen (secondary N) is 1. The highest BCUT2D eigenvalue weighted by molar-refractivity contribution is 5.97. The minimum Gasteiger partial charge on any atom is -0.435 e. The predicted molar refractivity (Wildman–Crippen MR) is 83.1 cm³/mol. The summed E-state index contributed by atoms with van der Waals surface area (Å²) in [6.07, 6.45) is 1.39. The van der Waals surface area contributed by atoms with Gasteiger partial charge in [-0.2, -0.15) is 8.78 Å². The van der Waals surface area contributed by atoms with Gasteiger partial charge < -0.3 is 20.7 Å². The van der Waals surface area contributed by atoms with Crippen molar-refractivity contribution in [2.24, 2.45) is 5.73 Å². The molecule has 0 spiro atoms. The second-order valence-electron chi connectivity index (χ2n) is 4.80. The molecule has 1 heterocycles. The number of ether oxygens (including phenoxy) is 1. The zero-order chi connectivity index (χ0) is 16.1. The van der Waals surface area contributed by atoms with Gasteiger partial charge in [0.05, 0.1) is 13.1 Å². The molecule has 0 atom stereocenters. The highest BCUT2D eigenvalue weighted by Gasteiger charge is 2.23. The molecule has 3 N–H and O–H groups in total. The molecule has 0 bridgehead atoms. The topological polar surface area (TPSA) is 84.7 Å². The third kappa shape index (κ3) is 5.04. The lowest BCUT2D eigenvalue weighted by Gasteiger charge is -2.30. The quantitative estimate of drug-likeness (QED) is 0.832. The summed E-state index contributed by atoms with van der Waals surface area (Å²) in [4.78, 5) is 24.8. The van der Waals surface area contributed by atoms with Gasteiger partial charge in [0, 0.05) is 12.2 Å². The molecule has 128 valence electrons.